The second-order valence-corrected chi connectivity index (χ2v) is 10.7. The van der Waals surface area contributed by atoms with Crippen LogP contribution < -0.4 is 4.74 Å². The average molecular weight is 563 g/mol. The molecule has 7 heteroatoms. The van der Waals surface area contributed by atoms with Crippen LogP contribution in [0.1, 0.15) is 82.4 Å². The topological polar surface area (TPSA) is 66.4 Å². The molecule has 0 spiro atoms. The van der Waals surface area contributed by atoms with Gasteiger partial charge in [-0.1, -0.05) is 69.8 Å². The lowest BCUT2D eigenvalue weighted by Gasteiger charge is -2.49. The quantitative estimate of drug-likeness (QED) is 0.208. The number of aliphatic hydroxyl groups is 1. The minimum atomic E-state index is -1.24. The third-order valence-corrected chi connectivity index (χ3v) is 7.58. The molecule has 0 aliphatic carbocycles. The van der Waals surface area contributed by atoms with E-state index in [-0.39, 0.29) is 12.7 Å². The molecule has 0 amide bonds. The van der Waals surface area contributed by atoms with Crippen LogP contribution in [0.2, 0.25) is 5.02 Å². The zero-order valence-corrected chi connectivity index (χ0v) is 24.9. The third kappa shape index (κ3) is 8.66. The van der Waals surface area contributed by atoms with E-state index in [1.807, 2.05) is 30.3 Å². The van der Waals surface area contributed by atoms with Gasteiger partial charge in [0.15, 0.2) is 0 Å². The molecule has 0 bridgehead atoms. The summed E-state index contributed by atoms with van der Waals surface area (Å²) < 4.78 is 31.3. The van der Waals surface area contributed by atoms with Crippen molar-refractivity contribution in [3.05, 3.63) is 64.2 Å². The third-order valence-electron chi connectivity index (χ3n) is 7.21. The molecule has 0 saturated carbocycles. The largest absolute Gasteiger partial charge is 0.494 e. The van der Waals surface area contributed by atoms with Crippen LogP contribution in [0.25, 0.3) is 0 Å². The highest BCUT2D eigenvalue weighted by Crippen LogP contribution is 2.43. The summed E-state index contributed by atoms with van der Waals surface area (Å²) in [4.78, 5) is 0. The van der Waals surface area contributed by atoms with Crippen LogP contribution in [0.15, 0.2) is 42.5 Å². The van der Waals surface area contributed by atoms with E-state index in [9.17, 15) is 5.11 Å². The van der Waals surface area contributed by atoms with Crippen molar-refractivity contribution < 1.29 is 28.8 Å². The van der Waals surface area contributed by atoms with Crippen molar-refractivity contribution in [2.75, 3.05) is 33.5 Å². The van der Waals surface area contributed by atoms with Crippen molar-refractivity contribution in [2.45, 2.75) is 96.2 Å². The Labute approximate surface area is 239 Å². The second kappa shape index (κ2) is 16.6. The first kappa shape index (κ1) is 31.9. The number of hydrogen-bond donors (Lipinski definition) is 1. The van der Waals surface area contributed by atoms with Crippen molar-refractivity contribution in [2.24, 2.45) is 0 Å². The Bertz CT molecular complexity index is 968. The molecule has 1 N–H and O–H groups in total. The van der Waals surface area contributed by atoms with Crippen LogP contribution in [0.5, 0.6) is 5.75 Å². The molecule has 6 nitrogen and oxygen atoms in total. The van der Waals surface area contributed by atoms with E-state index in [2.05, 4.69) is 32.9 Å². The summed E-state index contributed by atoms with van der Waals surface area (Å²) >= 11 is 6.70. The van der Waals surface area contributed by atoms with Crippen LogP contribution >= 0.6 is 11.6 Å². The molecule has 3 rings (SSSR count). The minimum absolute atomic E-state index is 0.131. The first-order chi connectivity index (χ1) is 19.0. The van der Waals surface area contributed by atoms with Crippen molar-refractivity contribution in [3.8, 4) is 5.75 Å². The maximum Gasteiger partial charge on any atom is 0.224 e. The number of aliphatic hydroxyl groups excluding tert-OH is 1. The summed E-state index contributed by atoms with van der Waals surface area (Å²) in [5.74, 6) is -0.371. The molecule has 4 atom stereocenters. The van der Waals surface area contributed by atoms with Gasteiger partial charge < -0.3 is 28.8 Å². The number of benzene rings is 2. The first-order valence-corrected chi connectivity index (χ1v) is 15.0. The fourth-order valence-electron chi connectivity index (χ4n) is 4.91. The molecule has 0 aromatic heterocycles. The summed E-state index contributed by atoms with van der Waals surface area (Å²) in [5, 5.41) is 10.8. The number of unbranched alkanes of at least 4 members (excludes halogenated alkanes) is 3. The molecule has 39 heavy (non-hydrogen) atoms. The van der Waals surface area contributed by atoms with E-state index >= 15 is 0 Å². The maximum absolute atomic E-state index is 10.1. The highest BCUT2D eigenvalue weighted by Gasteiger charge is 2.53. The van der Waals surface area contributed by atoms with Gasteiger partial charge in [0.1, 0.15) is 11.9 Å². The molecule has 0 radical (unpaired) electrons. The van der Waals surface area contributed by atoms with E-state index in [0.29, 0.717) is 31.1 Å². The molecular weight excluding hydrogens is 516 g/mol. The van der Waals surface area contributed by atoms with Gasteiger partial charge in [0.05, 0.1) is 25.4 Å². The highest BCUT2D eigenvalue weighted by molar-refractivity contribution is 6.31. The smallest absolute Gasteiger partial charge is 0.224 e. The summed E-state index contributed by atoms with van der Waals surface area (Å²) in [6.07, 6.45) is 6.03. The van der Waals surface area contributed by atoms with Gasteiger partial charge >= 0.3 is 0 Å². The standard InChI is InChI=1S/C32H47ClO6/c1-5-8-17-36-27-14-11-24(12-15-27)20-25-21-26(13-16-29(25)33)32(35-4)31(38-19-10-7-3)30(37-18-9-6-2)22-28(23-34)39-32/h11-16,21,28,30-31,34H,5-10,17-20,22-23H2,1-4H3/t28-,30-,31+,32-/m0/s1. The Hall–Kier alpha value is -1.67. The summed E-state index contributed by atoms with van der Waals surface area (Å²) in [6.45, 7) is 8.21. The van der Waals surface area contributed by atoms with Gasteiger partial charge in [-0.05, 0) is 61.1 Å². The summed E-state index contributed by atoms with van der Waals surface area (Å²) in [5.41, 5.74) is 2.88. The molecule has 0 unspecified atom stereocenters. The van der Waals surface area contributed by atoms with E-state index in [0.717, 1.165) is 67.6 Å². The molecule has 1 saturated heterocycles. The highest BCUT2D eigenvalue weighted by atomic mass is 35.5. The molecule has 1 heterocycles. The lowest BCUT2D eigenvalue weighted by Crippen LogP contribution is -2.59. The van der Waals surface area contributed by atoms with Gasteiger partial charge in [0.25, 0.3) is 0 Å². The normalized spacial score (nSPS) is 23.2. The molecule has 2 aromatic rings. The second-order valence-electron chi connectivity index (χ2n) is 10.3. The van der Waals surface area contributed by atoms with Crippen LogP contribution in [0, 0.1) is 0 Å². The fraction of sp³-hybridized carbons (Fsp3) is 0.625. The zero-order valence-electron chi connectivity index (χ0n) is 24.1. The Balaban J connectivity index is 1.91. The van der Waals surface area contributed by atoms with Gasteiger partial charge in [0.2, 0.25) is 5.79 Å². The Morgan fingerprint density at radius 1 is 0.923 bits per heavy atom. The number of hydrogen-bond acceptors (Lipinski definition) is 6. The summed E-state index contributed by atoms with van der Waals surface area (Å²) in [6, 6.07) is 14.0. The molecule has 1 fully saturated rings. The van der Waals surface area contributed by atoms with E-state index in [1.165, 1.54) is 0 Å². The van der Waals surface area contributed by atoms with Gasteiger partial charge in [-0.2, -0.15) is 0 Å². The zero-order chi connectivity index (χ0) is 28.1. The molecule has 2 aromatic carbocycles. The van der Waals surface area contributed by atoms with E-state index < -0.39 is 18.0 Å². The summed E-state index contributed by atoms with van der Waals surface area (Å²) in [7, 11) is 1.63. The van der Waals surface area contributed by atoms with Crippen LogP contribution in [-0.4, -0.2) is 57.0 Å². The monoisotopic (exact) mass is 562 g/mol. The van der Waals surface area contributed by atoms with Crippen LogP contribution in [0.3, 0.4) is 0 Å². The molecular formula is C32H47ClO6. The lowest BCUT2D eigenvalue weighted by atomic mass is 9.88. The predicted molar refractivity (Wildman–Crippen MR) is 156 cm³/mol. The maximum atomic E-state index is 10.1. The number of ether oxygens (including phenoxy) is 5. The number of methoxy groups -OCH3 is 1. The van der Waals surface area contributed by atoms with Gasteiger partial charge in [-0.25, -0.2) is 0 Å². The molecule has 218 valence electrons. The van der Waals surface area contributed by atoms with Crippen molar-refractivity contribution in [3.63, 3.8) is 0 Å². The Kier molecular flexibility index (Phi) is 13.5. The van der Waals surface area contributed by atoms with Crippen molar-refractivity contribution in [1.29, 1.82) is 0 Å². The first-order valence-electron chi connectivity index (χ1n) is 14.6. The predicted octanol–water partition coefficient (Wildman–Crippen LogP) is 7.06. The Morgan fingerprint density at radius 3 is 2.23 bits per heavy atom. The number of halogens is 1. The van der Waals surface area contributed by atoms with Crippen LogP contribution in [0.4, 0.5) is 0 Å². The Morgan fingerprint density at radius 2 is 1.59 bits per heavy atom. The van der Waals surface area contributed by atoms with Crippen molar-refractivity contribution in [1.82, 2.24) is 0 Å². The molecule has 1 aliphatic heterocycles. The van der Waals surface area contributed by atoms with Gasteiger partial charge in [0, 0.05) is 37.3 Å². The fourth-order valence-corrected chi connectivity index (χ4v) is 5.09. The van der Waals surface area contributed by atoms with E-state index in [4.69, 9.17) is 35.3 Å². The average Bonchev–Trinajstić information content (AvgIpc) is 2.96. The SMILES string of the molecule is CCCCOc1ccc(Cc2cc([C@]3(OC)O[C@H](CO)C[C@H](OCCCC)[C@H]3OCCCC)ccc2Cl)cc1. The molecule has 1 aliphatic rings. The van der Waals surface area contributed by atoms with Gasteiger partial charge in [-0.15, -0.1) is 0 Å². The van der Waals surface area contributed by atoms with E-state index in [1.54, 1.807) is 7.11 Å². The van der Waals surface area contributed by atoms with Gasteiger partial charge in [-0.3, -0.25) is 0 Å². The minimum Gasteiger partial charge on any atom is -0.494 e. The van der Waals surface area contributed by atoms with Crippen LogP contribution in [-0.2, 0) is 31.2 Å². The van der Waals surface area contributed by atoms with Crippen molar-refractivity contribution >= 4 is 11.6 Å². The lowest BCUT2D eigenvalue weighted by molar-refractivity contribution is -0.356. The number of rotatable bonds is 17.